The molecule has 1 atom stereocenters. The monoisotopic (exact) mass is 452 g/mol. The van der Waals surface area contributed by atoms with Crippen molar-refractivity contribution >= 4 is 27.9 Å². The van der Waals surface area contributed by atoms with E-state index in [1.807, 2.05) is 14.0 Å². The summed E-state index contributed by atoms with van der Waals surface area (Å²) in [6, 6.07) is 10.4. The second-order valence-electron chi connectivity index (χ2n) is 8.69. The van der Waals surface area contributed by atoms with Crippen molar-refractivity contribution in [2.45, 2.75) is 51.6 Å². The molecular weight excluding hydrogens is 420 g/mol. The summed E-state index contributed by atoms with van der Waals surface area (Å²) in [6.45, 7) is 5.86. The van der Waals surface area contributed by atoms with Gasteiger partial charge in [0.1, 0.15) is 11.1 Å². The van der Waals surface area contributed by atoms with Gasteiger partial charge in [-0.2, -0.15) is 5.26 Å². The fourth-order valence-corrected chi connectivity index (χ4v) is 5.77. The Morgan fingerprint density at radius 2 is 2.00 bits per heavy atom. The minimum absolute atomic E-state index is 0.0655. The summed E-state index contributed by atoms with van der Waals surface area (Å²) in [5.74, 6) is -0.0655. The van der Waals surface area contributed by atoms with Crippen LogP contribution in [0, 0.1) is 11.3 Å². The van der Waals surface area contributed by atoms with Crippen molar-refractivity contribution in [3.63, 3.8) is 0 Å². The topological polar surface area (TPSA) is 68.6 Å². The van der Waals surface area contributed by atoms with Crippen LogP contribution in [0.1, 0.15) is 47.8 Å². The van der Waals surface area contributed by atoms with Crippen molar-refractivity contribution in [3.8, 4) is 6.07 Å². The Kier molecular flexibility index (Phi) is 7.46. The summed E-state index contributed by atoms with van der Waals surface area (Å²) < 4.78 is 5.50. The normalized spacial score (nSPS) is 17.4. The zero-order chi connectivity index (χ0) is 22.5. The predicted molar refractivity (Wildman–Crippen MR) is 129 cm³/mol. The molecular formula is C25H32N4O2S. The molecule has 1 N–H and O–H groups in total. The number of nitriles is 1. The van der Waals surface area contributed by atoms with Crippen LogP contribution in [-0.2, 0) is 28.9 Å². The van der Waals surface area contributed by atoms with Crippen LogP contribution in [0.3, 0.4) is 0 Å². The molecule has 2 aromatic rings. The third kappa shape index (κ3) is 4.98. The van der Waals surface area contributed by atoms with Gasteiger partial charge in [-0.3, -0.25) is 9.69 Å². The highest BCUT2D eigenvalue weighted by atomic mass is 32.1. The first-order valence-corrected chi connectivity index (χ1v) is 12.4. The van der Waals surface area contributed by atoms with Crippen LogP contribution in [0.4, 0.5) is 10.7 Å². The lowest BCUT2D eigenvalue weighted by Crippen LogP contribution is -2.40. The van der Waals surface area contributed by atoms with Gasteiger partial charge in [0.15, 0.2) is 0 Å². The minimum Gasteiger partial charge on any atom is -0.378 e. The van der Waals surface area contributed by atoms with Crippen LogP contribution in [0.15, 0.2) is 24.3 Å². The number of likely N-dealkylation sites (N-methyl/N-ethyl adjacent to an activating group) is 1. The molecule has 32 heavy (non-hydrogen) atoms. The van der Waals surface area contributed by atoms with Gasteiger partial charge in [-0.25, -0.2) is 0 Å². The number of benzene rings is 1. The number of fused-ring (bicyclic) bond motifs is 1. The van der Waals surface area contributed by atoms with E-state index in [4.69, 9.17) is 4.74 Å². The van der Waals surface area contributed by atoms with E-state index in [-0.39, 0.29) is 11.9 Å². The van der Waals surface area contributed by atoms with E-state index in [1.54, 1.807) is 11.3 Å². The number of nitrogens with one attached hydrogen (secondary N) is 1. The first-order chi connectivity index (χ1) is 15.6. The molecule has 1 aliphatic heterocycles. The van der Waals surface area contributed by atoms with Crippen molar-refractivity contribution in [2.75, 3.05) is 43.6 Å². The molecule has 7 heteroatoms. The number of rotatable bonds is 6. The zero-order valence-electron chi connectivity index (χ0n) is 19.0. The highest BCUT2D eigenvalue weighted by Crippen LogP contribution is 2.37. The Morgan fingerprint density at radius 3 is 2.78 bits per heavy atom. The Bertz CT molecular complexity index is 990. The quantitative estimate of drug-likeness (QED) is 0.666. The summed E-state index contributed by atoms with van der Waals surface area (Å²) in [6.07, 6.45) is 5.44. The largest absolute Gasteiger partial charge is 0.378 e. The number of carbonyl (C=O) groups excluding carboxylic acids is 1. The predicted octanol–water partition coefficient (Wildman–Crippen LogP) is 4.18. The molecule has 0 saturated carbocycles. The molecule has 1 amide bonds. The maximum atomic E-state index is 13.1. The van der Waals surface area contributed by atoms with Crippen molar-refractivity contribution in [1.82, 2.24) is 4.90 Å². The summed E-state index contributed by atoms with van der Waals surface area (Å²) >= 11 is 1.59. The van der Waals surface area contributed by atoms with Crippen LogP contribution in [-0.4, -0.2) is 50.2 Å². The van der Waals surface area contributed by atoms with E-state index in [1.165, 1.54) is 22.5 Å². The van der Waals surface area contributed by atoms with Gasteiger partial charge in [-0.05, 0) is 56.8 Å². The van der Waals surface area contributed by atoms with Gasteiger partial charge in [0.05, 0.1) is 24.8 Å². The van der Waals surface area contributed by atoms with Gasteiger partial charge in [0.2, 0.25) is 5.91 Å². The van der Waals surface area contributed by atoms with Crippen molar-refractivity contribution < 1.29 is 9.53 Å². The SMILES string of the molecule is C[C@@H](C(=O)Nc1sc2c(c1C#N)CCCCC2)N(C)Cc1ccccc1N1CCOCC1. The van der Waals surface area contributed by atoms with Gasteiger partial charge < -0.3 is 15.0 Å². The van der Waals surface area contributed by atoms with Crippen LogP contribution in [0.2, 0.25) is 0 Å². The van der Waals surface area contributed by atoms with E-state index in [0.29, 0.717) is 12.1 Å². The second kappa shape index (κ2) is 10.5. The first-order valence-electron chi connectivity index (χ1n) is 11.5. The third-order valence-electron chi connectivity index (χ3n) is 6.57. The average Bonchev–Trinajstić information content (AvgIpc) is 2.98. The van der Waals surface area contributed by atoms with Crippen LogP contribution in [0.25, 0.3) is 0 Å². The number of para-hydroxylation sites is 1. The molecule has 0 bridgehead atoms. The summed E-state index contributed by atoms with van der Waals surface area (Å²) in [7, 11) is 1.98. The Balaban J connectivity index is 1.45. The maximum Gasteiger partial charge on any atom is 0.242 e. The fourth-order valence-electron chi connectivity index (χ4n) is 4.53. The third-order valence-corrected chi connectivity index (χ3v) is 7.78. The molecule has 0 radical (unpaired) electrons. The summed E-state index contributed by atoms with van der Waals surface area (Å²) in [5.41, 5.74) is 4.25. The number of morpholine rings is 1. The second-order valence-corrected chi connectivity index (χ2v) is 9.79. The lowest BCUT2D eigenvalue weighted by Gasteiger charge is -2.32. The molecule has 1 fully saturated rings. The molecule has 1 aromatic carbocycles. The zero-order valence-corrected chi connectivity index (χ0v) is 19.8. The average molecular weight is 453 g/mol. The summed E-state index contributed by atoms with van der Waals surface area (Å²) in [5, 5.41) is 13.5. The molecule has 2 aliphatic rings. The number of thiophene rings is 1. The van der Waals surface area contributed by atoms with E-state index >= 15 is 0 Å². The number of aryl methyl sites for hydroxylation is 1. The molecule has 6 nitrogen and oxygen atoms in total. The molecule has 1 saturated heterocycles. The lowest BCUT2D eigenvalue weighted by molar-refractivity contribution is -0.120. The molecule has 1 aromatic heterocycles. The maximum absolute atomic E-state index is 13.1. The van der Waals surface area contributed by atoms with Crippen molar-refractivity contribution in [2.24, 2.45) is 0 Å². The van der Waals surface area contributed by atoms with Crippen molar-refractivity contribution in [1.29, 1.82) is 5.26 Å². The lowest BCUT2D eigenvalue weighted by atomic mass is 10.1. The number of hydrogen-bond acceptors (Lipinski definition) is 6. The van der Waals surface area contributed by atoms with Crippen LogP contribution < -0.4 is 10.2 Å². The van der Waals surface area contributed by atoms with E-state index in [0.717, 1.165) is 62.6 Å². The van der Waals surface area contributed by atoms with Gasteiger partial charge in [-0.1, -0.05) is 24.6 Å². The number of nitrogens with zero attached hydrogens (tertiary/aromatic N) is 3. The fraction of sp³-hybridized carbons (Fsp3) is 0.520. The van der Waals surface area contributed by atoms with Crippen LogP contribution in [0.5, 0.6) is 0 Å². The molecule has 0 unspecified atom stereocenters. The minimum atomic E-state index is -0.318. The number of ether oxygens (including phenoxy) is 1. The smallest absolute Gasteiger partial charge is 0.242 e. The molecule has 2 heterocycles. The number of carbonyl (C=O) groups is 1. The molecule has 170 valence electrons. The number of hydrogen-bond donors (Lipinski definition) is 1. The van der Waals surface area contributed by atoms with E-state index in [9.17, 15) is 10.1 Å². The Morgan fingerprint density at radius 1 is 1.25 bits per heavy atom. The van der Waals surface area contributed by atoms with E-state index < -0.39 is 0 Å². The highest BCUT2D eigenvalue weighted by Gasteiger charge is 2.25. The molecule has 4 rings (SSSR count). The van der Waals surface area contributed by atoms with Gasteiger partial charge in [-0.15, -0.1) is 11.3 Å². The van der Waals surface area contributed by atoms with Crippen LogP contribution >= 0.6 is 11.3 Å². The first kappa shape index (κ1) is 22.8. The number of anilines is 2. The molecule has 0 spiro atoms. The highest BCUT2D eigenvalue weighted by molar-refractivity contribution is 7.16. The Labute approximate surface area is 194 Å². The van der Waals surface area contributed by atoms with E-state index in [2.05, 4.69) is 45.5 Å². The van der Waals surface area contributed by atoms with Gasteiger partial charge in [0.25, 0.3) is 0 Å². The van der Waals surface area contributed by atoms with Crippen molar-refractivity contribution in [3.05, 3.63) is 45.8 Å². The van der Waals surface area contributed by atoms with Gasteiger partial charge >= 0.3 is 0 Å². The molecule has 1 aliphatic carbocycles. The Hall–Kier alpha value is -2.40. The number of amides is 1. The summed E-state index contributed by atoms with van der Waals surface area (Å²) in [4.78, 5) is 18.8. The standard InChI is InChI=1S/C25H32N4O2S/c1-18(24(30)27-25-21(16-26)20-9-4-3-5-11-23(20)32-25)28(2)17-19-8-6-7-10-22(19)29-12-14-31-15-13-29/h6-8,10,18H,3-5,9,11-15,17H2,1-2H3,(H,27,30)/t18-/m0/s1. The van der Waals surface area contributed by atoms with Gasteiger partial charge in [0, 0.05) is 30.2 Å².